The molecule has 2 aromatic rings. The lowest BCUT2D eigenvalue weighted by molar-refractivity contribution is 0.0605. The summed E-state index contributed by atoms with van der Waals surface area (Å²) < 4.78 is 4.94. The lowest BCUT2D eigenvalue weighted by Gasteiger charge is -2.35. The summed E-state index contributed by atoms with van der Waals surface area (Å²) in [4.78, 5) is 33.5. The van der Waals surface area contributed by atoms with Gasteiger partial charge in [-0.25, -0.2) is 0 Å². The van der Waals surface area contributed by atoms with Gasteiger partial charge in [-0.1, -0.05) is 6.07 Å². The number of rotatable bonds is 3. The molecule has 1 amide bonds. The summed E-state index contributed by atoms with van der Waals surface area (Å²) >= 11 is 0. The molecule has 3 heterocycles. The maximum Gasteiger partial charge on any atom is 0.270 e. The van der Waals surface area contributed by atoms with E-state index < -0.39 is 0 Å². The number of methoxy groups -OCH3 is 1. The first-order valence-corrected chi connectivity index (χ1v) is 7.68. The minimum Gasteiger partial charge on any atom is -0.491 e. The molecule has 1 unspecified atom stereocenters. The van der Waals surface area contributed by atoms with Crippen molar-refractivity contribution in [3.63, 3.8) is 0 Å². The summed E-state index contributed by atoms with van der Waals surface area (Å²) in [5.74, 6) is 0.0299. The number of aromatic amines is 1. The molecular formula is C17H19N3O3. The molecule has 1 saturated heterocycles. The molecular weight excluding hydrogens is 294 g/mol. The topological polar surface area (TPSA) is 75.3 Å². The molecule has 0 saturated carbocycles. The van der Waals surface area contributed by atoms with Crippen LogP contribution in [0.5, 0.6) is 5.75 Å². The number of pyridine rings is 2. The van der Waals surface area contributed by atoms with E-state index in [2.05, 4.69) is 9.97 Å². The maximum absolute atomic E-state index is 12.8. The normalized spacial score (nSPS) is 17.8. The Kier molecular flexibility index (Phi) is 4.41. The first-order chi connectivity index (χ1) is 11.2. The molecule has 23 heavy (non-hydrogen) atoms. The Labute approximate surface area is 134 Å². The number of nitrogens with one attached hydrogen (secondary N) is 1. The Bertz CT molecular complexity index is 742. The van der Waals surface area contributed by atoms with Gasteiger partial charge in [-0.3, -0.25) is 14.6 Å². The minimum atomic E-state index is -0.301. The quantitative estimate of drug-likeness (QED) is 0.942. The van der Waals surface area contributed by atoms with E-state index in [-0.39, 0.29) is 28.8 Å². The highest BCUT2D eigenvalue weighted by Gasteiger charge is 2.29. The lowest BCUT2D eigenvalue weighted by atomic mass is 9.96. The highest BCUT2D eigenvalue weighted by Crippen LogP contribution is 2.31. The van der Waals surface area contributed by atoms with Crippen molar-refractivity contribution < 1.29 is 9.53 Å². The number of hydrogen-bond acceptors (Lipinski definition) is 4. The number of hydrogen-bond donors (Lipinski definition) is 1. The molecule has 0 bridgehead atoms. The summed E-state index contributed by atoms with van der Waals surface area (Å²) in [5, 5.41) is 0. The zero-order valence-electron chi connectivity index (χ0n) is 13.0. The molecule has 0 radical (unpaired) electrons. The molecule has 120 valence electrons. The Morgan fingerprint density at radius 3 is 3.00 bits per heavy atom. The molecule has 6 heteroatoms. The van der Waals surface area contributed by atoms with E-state index in [1.54, 1.807) is 12.4 Å². The summed E-state index contributed by atoms with van der Waals surface area (Å²) in [7, 11) is 1.43. The zero-order valence-corrected chi connectivity index (χ0v) is 13.0. The SMILES string of the molecule is COc1c[nH]c(C(=O)N2CCCCC2c2cccnc2)cc1=O. The number of nitrogens with zero attached hydrogens (tertiary/aromatic N) is 2. The number of piperidine rings is 1. The molecule has 1 N–H and O–H groups in total. The smallest absolute Gasteiger partial charge is 0.270 e. The number of ether oxygens (including phenoxy) is 1. The van der Waals surface area contributed by atoms with Crippen LogP contribution in [0.1, 0.15) is 41.4 Å². The Hall–Kier alpha value is -2.63. The molecule has 6 nitrogen and oxygen atoms in total. The summed E-state index contributed by atoms with van der Waals surface area (Å²) in [6.45, 7) is 0.673. The third kappa shape index (κ3) is 3.11. The predicted molar refractivity (Wildman–Crippen MR) is 85.5 cm³/mol. The molecule has 1 atom stereocenters. The van der Waals surface area contributed by atoms with Gasteiger partial charge in [0, 0.05) is 31.2 Å². The van der Waals surface area contributed by atoms with E-state index in [0.717, 1.165) is 24.8 Å². The van der Waals surface area contributed by atoms with Gasteiger partial charge in [0.25, 0.3) is 5.91 Å². The molecule has 0 spiro atoms. The van der Waals surface area contributed by atoms with Crippen LogP contribution in [0.3, 0.4) is 0 Å². The van der Waals surface area contributed by atoms with Gasteiger partial charge < -0.3 is 14.6 Å². The maximum atomic E-state index is 12.8. The fraction of sp³-hybridized carbons (Fsp3) is 0.353. The summed E-state index contributed by atoms with van der Waals surface area (Å²) in [5.41, 5.74) is 1.01. The lowest BCUT2D eigenvalue weighted by Crippen LogP contribution is -2.39. The first kappa shape index (κ1) is 15.3. The van der Waals surface area contributed by atoms with E-state index >= 15 is 0 Å². The number of carbonyl (C=O) groups is 1. The first-order valence-electron chi connectivity index (χ1n) is 7.68. The van der Waals surface area contributed by atoms with Gasteiger partial charge in [0.2, 0.25) is 5.43 Å². The van der Waals surface area contributed by atoms with Crippen molar-refractivity contribution in [3.8, 4) is 5.75 Å². The van der Waals surface area contributed by atoms with Crippen LogP contribution in [-0.4, -0.2) is 34.4 Å². The number of carbonyl (C=O) groups excluding carboxylic acids is 1. The summed E-state index contributed by atoms with van der Waals surface area (Å²) in [6, 6.07) is 5.16. The van der Waals surface area contributed by atoms with Gasteiger partial charge in [-0.2, -0.15) is 0 Å². The van der Waals surface area contributed by atoms with Crippen LogP contribution >= 0.6 is 0 Å². The number of H-pyrrole nitrogens is 1. The van der Waals surface area contributed by atoms with Crippen LogP contribution in [0.15, 0.2) is 41.6 Å². The van der Waals surface area contributed by atoms with Crippen molar-refractivity contribution in [2.24, 2.45) is 0 Å². The second kappa shape index (κ2) is 6.64. The molecule has 1 aliphatic rings. The van der Waals surface area contributed by atoms with Gasteiger partial charge in [0.1, 0.15) is 5.69 Å². The Morgan fingerprint density at radius 2 is 2.30 bits per heavy atom. The molecule has 1 fully saturated rings. The molecule has 0 aromatic carbocycles. The summed E-state index contributed by atoms with van der Waals surface area (Å²) in [6.07, 6.45) is 7.88. The number of amides is 1. The monoisotopic (exact) mass is 313 g/mol. The highest BCUT2D eigenvalue weighted by atomic mass is 16.5. The van der Waals surface area contributed by atoms with Gasteiger partial charge >= 0.3 is 0 Å². The van der Waals surface area contributed by atoms with Gasteiger partial charge in [-0.15, -0.1) is 0 Å². The number of likely N-dealkylation sites (tertiary alicyclic amines) is 1. The van der Waals surface area contributed by atoms with Crippen molar-refractivity contribution in [1.82, 2.24) is 14.9 Å². The van der Waals surface area contributed by atoms with Crippen molar-refractivity contribution in [2.45, 2.75) is 25.3 Å². The average molecular weight is 313 g/mol. The highest BCUT2D eigenvalue weighted by molar-refractivity contribution is 5.92. The van der Waals surface area contributed by atoms with E-state index in [4.69, 9.17) is 4.74 Å². The minimum absolute atomic E-state index is 0.00412. The largest absolute Gasteiger partial charge is 0.491 e. The van der Waals surface area contributed by atoms with Crippen molar-refractivity contribution in [3.05, 3.63) is 58.3 Å². The third-order valence-corrected chi connectivity index (χ3v) is 4.16. The molecule has 2 aromatic heterocycles. The van der Waals surface area contributed by atoms with E-state index in [1.807, 2.05) is 17.0 Å². The zero-order chi connectivity index (χ0) is 16.2. The van der Waals surface area contributed by atoms with Crippen LogP contribution in [0, 0.1) is 0 Å². The van der Waals surface area contributed by atoms with Gasteiger partial charge in [-0.05, 0) is 30.9 Å². The van der Waals surface area contributed by atoms with Crippen LogP contribution in [0.2, 0.25) is 0 Å². The molecule has 1 aliphatic heterocycles. The Balaban J connectivity index is 1.90. The predicted octanol–water partition coefficient (Wildman–Crippen LogP) is 2.15. The van der Waals surface area contributed by atoms with Crippen LogP contribution < -0.4 is 10.2 Å². The standard InChI is InChI=1S/C17H19N3O3/c1-23-16-11-19-13(9-15(16)21)17(22)20-8-3-2-6-14(20)12-5-4-7-18-10-12/h4-5,7,9-11,14H,2-3,6,8H2,1H3,(H,19,21). The van der Waals surface area contributed by atoms with Gasteiger partial charge in [0.05, 0.1) is 13.2 Å². The number of aromatic nitrogens is 2. The Morgan fingerprint density at radius 1 is 1.43 bits per heavy atom. The fourth-order valence-corrected chi connectivity index (χ4v) is 2.99. The molecule has 3 rings (SSSR count). The average Bonchev–Trinajstić information content (AvgIpc) is 2.62. The van der Waals surface area contributed by atoms with Crippen molar-refractivity contribution >= 4 is 5.91 Å². The van der Waals surface area contributed by atoms with Crippen LogP contribution in [0.25, 0.3) is 0 Å². The molecule has 0 aliphatic carbocycles. The van der Waals surface area contributed by atoms with E-state index in [1.165, 1.54) is 19.4 Å². The second-order valence-electron chi connectivity index (χ2n) is 5.58. The third-order valence-electron chi connectivity index (χ3n) is 4.16. The van der Waals surface area contributed by atoms with Crippen LogP contribution in [-0.2, 0) is 0 Å². The van der Waals surface area contributed by atoms with Crippen molar-refractivity contribution in [2.75, 3.05) is 13.7 Å². The van der Waals surface area contributed by atoms with Gasteiger partial charge in [0.15, 0.2) is 5.75 Å². The van der Waals surface area contributed by atoms with E-state index in [9.17, 15) is 9.59 Å². The van der Waals surface area contributed by atoms with E-state index in [0.29, 0.717) is 6.54 Å². The van der Waals surface area contributed by atoms with Crippen molar-refractivity contribution in [1.29, 1.82) is 0 Å². The fourth-order valence-electron chi connectivity index (χ4n) is 2.99. The van der Waals surface area contributed by atoms with Crippen LogP contribution in [0.4, 0.5) is 0 Å². The second-order valence-corrected chi connectivity index (χ2v) is 5.58.